The minimum Gasteiger partial charge on any atom is -0.477 e. The van der Waals surface area contributed by atoms with Crippen LogP contribution in [0, 0.1) is 11.8 Å². The minimum atomic E-state index is -0.216. The first-order valence-electron chi connectivity index (χ1n) is 7.59. The molecule has 22 heavy (non-hydrogen) atoms. The molecule has 0 saturated carbocycles. The largest absolute Gasteiger partial charge is 0.477 e. The maximum Gasteiger partial charge on any atom is 0.233 e. The SMILES string of the molecule is C=C1OCC2C(CO)C(CCOCc3ccccc3)C(=O)N12. The molecule has 3 rings (SSSR count). The number of amides is 1. The molecule has 118 valence electrons. The summed E-state index contributed by atoms with van der Waals surface area (Å²) in [6.45, 7) is 5.20. The van der Waals surface area contributed by atoms with Gasteiger partial charge in [0.05, 0.1) is 12.6 Å². The van der Waals surface area contributed by atoms with Crippen LogP contribution in [-0.2, 0) is 20.9 Å². The Morgan fingerprint density at radius 3 is 2.86 bits per heavy atom. The Morgan fingerprint density at radius 1 is 1.36 bits per heavy atom. The van der Waals surface area contributed by atoms with Gasteiger partial charge in [0.1, 0.15) is 6.61 Å². The van der Waals surface area contributed by atoms with Crippen molar-refractivity contribution < 1.29 is 19.4 Å². The topological polar surface area (TPSA) is 59.0 Å². The molecular formula is C17H21NO4. The lowest BCUT2D eigenvalue weighted by Gasteiger charge is -2.17. The standard InChI is InChI=1S/C17H21NO4/c1-12-18-16(11-22-12)15(9-19)14(17(18)20)7-8-21-10-13-5-3-2-4-6-13/h2-6,14-16,19H,1,7-11H2. The van der Waals surface area contributed by atoms with Gasteiger partial charge in [0.15, 0.2) is 5.88 Å². The number of nitrogens with zero attached hydrogens (tertiary/aromatic N) is 1. The first-order valence-corrected chi connectivity index (χ1v) is 7.59. The highest BCUT2D eigenvalue weighted by molar-refractivity contribution is 5.84. The van der Waals surface area contributed by atoms with Gasteiger partial charge in [-0.1, -0.05) is 30.3 Å². The molecule has 1 aromatic rings. The molecule has 0 aliphatic carbocycles. The van der Waals surface area contributed by atoms with Crippen LogP contribution in [-0.4, -0.2) is 41.8 Å². The zero-order chi connectivity index (χ0) is 15.5. The highest BCUT2D eigenvalue weighted by atomic mass is 16.5. The number of hydrogen-bond donors (Lipinski definition) is 1. The number of hydrogen-bond acceptors (Lipinski definition) is 4. The smallest absolute Gasteiger partial charge is 0.233 e. The van der Waals surface area contributed by atoms with E-state index < -0.39 is 0 Å². The average molecular weight is 303 g/mol. The normalized spacial score (nSPS) is 27.1. The Labute approximate surface area is 130 Å². The lowest BCUT2D eigenvalue weighted by atomic mass is 9.89. The summed E-state index contributed by atoms with van der Waals surface area (Å²) in [5.74, 6) is 0.0783. The van der Waals surface area contributed by atoms with Gasteiger partial charge in [-0.3, -0.25) is 9.69 Å². The third kappa shape index (κ3) is 2.74. The van der Waals surface area contributed by atoms with Gasteiger partial charge >= 0.3 is 0 Å². The maximum atomic E-state index is 12.4. The zero-order valence-electron chi connectivity index (χ0n) is 12.5. The Hall–Kier alpha value is -1.85. The summed E-state index contributed by atoms with van der Waals surface area (Å²) < 4.78 is 11.0. The van der Waals surface area contributed by atoms with Gasteiger partial charge in [-0.05, 0) is 18.6 Å². The molecule has 3 atom stereocenters. The van der Waals surface area contributed by atoms with Crippen LogP contribution in [0.1, 0.15) is 12.0 Å². The number of benzene rings is 1. The maximum absolute atomic E-state index is 12.4. The van der Waals surface area contributed by atoms with Crippen LogP contribution in [0.25, 0.3) is 0 Å². The predicted molar refractivity (Wildman–Crippen MR) is 80.5 cm³/mol. The molecule has 3 unspecified atom stereocenters. The van der Waals surface area contributed by atoms with Crippen LogP contribution in [0.15, 0.2) is 42.8 Å². The molecule has 0 spiro atoms. The quantitative estimate of drug-likeness (QED) is 0.810. The molecule has 2 fully saturated rings. The summed E-state index contributed by atoms with van der Waals surface area (Å²) in [7, 11) is 0. The number of rotatable bonds is 6. The molecule has 0 radical (unpaired) electrons. The first-order chi connectivity index (χ1) is 10.7. The number of carbonyl (C=O) groups is 1. The molecule has 1 N–H and O–H groups in total. The summed E-state index contributed by atoms with van der Waals surface area (Å²) in [4.78, 5) is 14.0. The van der Waals surface area contributed by atoms with Gasteiger partial charge < -0.3 is 14.6 Å². The summed E-state index contributed by atoms with van der Waals surface area (Å²) >= 11 is 0. The van der Waals surface area contributed by atoms with Crippen LogP contribution in [0.2, 0.25) is 0 Å². The lowest BCUT2D eigenvalue weighted by Crippen LogP contribution is -2.30. The van der Waals surface area contributed by atoms with Crippen LogP contribution in [0.4, 0.5) is 0 Å². The van der Waals surface area contributed by atoms with Gasteiger partial charge in [-0.25, -0.2) is 0 Å². The zero-order valence-corrected chi connectivity index (χ0v) is 12.5. The number of fused-ring (bicyclic) bond motifs is 1. The number of ether oxygens (including phenoxy) is 2. The van der Waals surface area contributed by atoms with Gasteiger partial charge in [0.2, 0.25) is 5.91 Å². The van der Waals surface area contributed by atoms with Crippen molar-refractivity contribution in [1.29, 1.82) is 0 Å². The van der Waals surface area contributed by atoms with E-state index >= 15 is 0 Å². The van der Waals surface area contributed by atoms with Gasteiger partial charge in [-0.2, -0.15) is 0 Å². The van der Waals surface area contributed by atoms with Crippen molar-refractivity contribution in [2.45, 2.75) is 19.1 Å². The molecule has 2 heterocycles. The molecule has 2 aliphatic rings. The van der Waals surface area contributed by atoms with Crippen molar-refractivity contribution in [3.63, 3.8) is 0 Å². The molecule has 0 bridgehead atoms. The van der Waals surface area contributed by atoms with Crippen molar-refractivity contribution >= 4 is 5.91 Å². The van der Waals surface area contributed by atoms with Gasteiger partial charge in [0, 0.05) is 25.0 Å². The van der Waals surface area contributed by atoms with Gasteiger partial charge in [-0.15, -0.1) is 0 Å². The number of aliphatic hydroxyl groups is 1. The third-order valence-electron chi connectivity index (χ3n) is 4.48. The van der Waals surface area contributed by atoms with E-state index in [0.717, 1.165) is 5.56 Å². The van der Waals surface area contributed by atoms with Crippen LogP contribution in [0.3, 0.4) is 0 Å². The van der Waals surface area contributed by atoms with Gasteiger partial charge in [0.25, 0.3) is 0 Å². The first kappa shape index (κ1) is 15.1. The summed E-state index contributed by atoms with van der Waals surface area (Å²) in [6, 6.07) is 9.85. The number of carbonyl (C=O) groups excluding carboxylic acids is 1. The summed E-state index contributed by atoms with van der Waals surface area (Å²) in [6.07, 6.45) is 0.608. The minimum absolute atomic E-state index is 0.00476. The fourth-order valence-electron chi connectivity index (χ4n) is 3.30. The summed E-state index contributed by atoms with van der Waals surface area (Å²) in [5.41, 5.74) is 1.11. The highest BCUT2D eigenvalue weighted by Gasteiger charge is 2.52. The Balaban J connectivity index is 1.53. The Morgan fingerprint density at radius 2 is 2.14 bits per heavy atom. The fourth-order valence-corrected chi connectivity index (χ4v) is 3.30. The molecule has 5 heteroatoms. The van der Waals surface area contributed by atoms with Crippen molar-refractivity contribution in [3.05, 3.63) is 48.4 Å². The highest BCUT2D eigenvalue weighted by Crippen LogP contribution is 2.39. The van der Waals surface area contributed by atoms with E-state index in [1.165, 1.54) is 0 Å². The van der Waals surface area contributed by atoms with Crippen LogP contribution in [0.5, 0.6) is 0 Å². The van der Waals surface area contributed by atoms with Crippen molar-refractivity contribution in [2.24, 2.45) is 11.8 Å². The molecule has 1 aromatic carbocycles. The Kier molecular flexibility index (Phi) is 4.45. The van der Waals surface area contributed by atoms with Crippen LogP contribution >= 0.6 is 0 Å². The summed E-state index contributed by atoms with van der Waals surface area (Å²) in [5, 5.41) is 9.62. The van der Waals surface area contributed by atoms with E-state index in [4.69, 9.17) is 9.47 Å². The number of aliphatic hydroxyl groups excluding tert-OH is 1. The third-order valence-corrected chi connectivity index (χ3v) is 4.48. The Bertz CT molecular complexity index is 545. The van der Waals surface area contributed by atoms with E-state index in [0.29, 0.717) is 32.1 Å². The predicted octanol–water partition coefficient (Wildman–Crippen LogP) is 1.53. The molecular weight excluding hydrogens is 282 g/mol. The molecule has 5 nitrogen and oxygen atoms in total. The average Bonchev–Trinajstić information content (AvgIpc) is 3.04. The molecule has 2 aliphatic heterocycles. The van der Waals surface area contributed by atoms with E-state index in [2.05, 4.69) is 6.58 Å². The van der Waals surface area contributed by atoms with Crippen molar-refractivity contribution in [3.8, 4) is 0 Å². The second-order valence-corrected chi connectivity index (χ2v) is 5.76. The lowest BCUT2D eigenvalue weighted by molar-refractivity contribution is -0.131. The van der Waals surface area contributed by atoms with E-state index in [-0.39, 0.29) is 30.4 Å². The van der Waals surface area contributed by atoms with Crippen LogP contribution < -0.4 is 0 Å². The van der Waals surface area contributed by atoms with E-state index in [1.807, 2.05) is 30.3 Å². The monoisotopic (exact) mass is 303 g/mol. The van der Waals surface area contributed by atoms with Crippen molar-refractivity contribution in [1.82, 2.24) is 4.90 Å². The molecule has 2 saturated heterocycles. The fraction of sp³-hybridized carbons (Fsp3) is 0.471. The van der Waals surface area contributed by atoms with E-state index in [1.54, 1.807) is 4.90 Å². The molecule has 1 amide bonds. The van der Waals surface area contributed by atoms with E-state index in [9.17, 15) is 9.90 Å². The second-order valence-electron chi connectivity index (χ2n) is 5.76. The van der Waals surface area contributed by atoms with Crippen molar-refractivity contribution in [2.75, 3.05) is 19.8 Å². The second kappa shape index (κ2) is 6.50. The molecule has 0 aromatic heterocycles.